The molecule has 0 aliphatic heterocycles. The van der Waals surface area contributed by atoms with Crippen LogP contribution in [0.15, 0.2) is 49.1 Å². The molecule has 0 unspecified atom stereocenters. The molecule has 1 atom stereocenters. The van der Waals surface area contributed by atoms with Crippen LogP contribution >= 0.6 is 0 Å². The van der Waals surface area contributed by atoms with Gasteiger partial charge in [0.15, 0.2) is 0 Å². The van der Waals surface area contributed by atoms with Gasteiger partial charge in [-0.25, -0.2) is 9.78 Å². The highest BCUT2D eigenvalue weighted by molar-refractivity contribution is 5.78. The molecule has 3 aromatic rings. The van der Waals surface area contributed by atoms with E-state index in [0.29, 0.717) is 6.42 Å². The van der Waals surface area contributed by atoms with E-state index in [1.165, 1.54) is 0 Å². The summed E-state index contributed by atoms with van der Waals surface area (Å²) >= 11 is 0. The number of imidazole rings is 1. The molecule has 22 heavy (non-hydrogen) atoms. The van der Waals surface area contributed by atoms with Crippen molar-refractivity contribution in [2.24, 2.45) is 5.73 Å². The molecule has 0 saturated carbocycles. The van der Waals surface area contributed by atoms with Crippen molar-refractivity contribution >= 4 is 11.5 Å². The van der Waals surface area contributed by atoms with Crippen LogP contribution in [0.2, 0.25) is 0 Å². The summed E-state index contributed by atoms with van der Waals surface area (Å²) in [5.41, 5.74) is 7.41. The zero-order valence-corrected chi connectivity index (χ0v) is 11.6. The number of carbonyl (C=O) groups excluding carboxylic acids is 1. The van der Waals surface area contributed by atoms with Crippen LogP contribution < -0.4 is 10.5 Å². The molecule has 0 saturated heterocycles. The largest absolute Gasteiger partial charge is 0.508 e. The van der Waals surface area contributed by atoms with Gasteiger partial charge >= 0.3 is 12.0 Å². The zero-order valence-electron chi connectivity index (χ0n) is 11.6. The Morgan fingerprint density at radius 1 is 1.32 bits per heavy atom. The van der Waals surface area contributed by atoms with Gasteiger partial charge in [0.1, 0.15) is 11.8 Å². The predicted octanol–water partition coefficient (Wildman–Crippen LogP) is 0.910. The average molecular weight is 298 g/mol. The molecule has 3 N–H and O–H groups in total. The molecule has 7 nitrogen and oxygen atoms in total. The van der Waals surface area contributed by atoms with Crippen molar-refractivity contribution in [3.63, 3.8) is 0 Å². The van der Waals surface area contributed by atoms with Gasteiger partial charge in [0, 0.05) is 12.4 Å². The normalized spacial score (nSPS) is 12.2. The fourth-order valence-corrected chi connectivity index (χ4v) is 2.04. The van der Waals surface area contributed by atoms with Gasteiger partial charge in [-0.1, -0.05) is 12.1 Å². The number of phenols is 1. The third kappa shape index (κ3) is 2.89. The second-order valence-corrected chi connectivity index (χ2v) is 4.81. The minimum absolute atomic E-state index is 0.156. The number of benzene rings is 1. The Balaban J connectivity index is 1.69. The Hall–Kier alpha value is -2.93. The third-order valence-corrected chi connectivity index (χ3v) is 3.19. The fourth-order valence-electron chi connectivity index (χ4n) is 2.04. The fraction of sp³-hybridized carbons (Fsp3) is 0.133. The van der Waals surface area contributed by atoms with Crippen LogP contribution in [0, 0.1) is 0 Å². The number of hydrogen-bond donors (Lipinski definition) is 2. The topological polar surface area (TPSA) is 103 Å². The SMILES string of the molecule is N[C@@H](Cc1ccc(O)cc1)C(=O)Oc1ncc2cnccn12. The van der Waals surface area contributed by atoms with E-state index >= 15 is 0 Å². The first-order chi connectivity index (χ1) is 10.6. The van der Waals surface area contributed by atoms with Crippen molar-refractivity contribution in [2.75, 3.05) is 0 Å². The minimum atomic E-state index is -0.821. The molecule has 0 amide bonds. The Labute approximate surface area is 126 Å². The molecule has 2 heterocycles. The van der Waals surface area contributed by atoms with Crippen LogP contribution in [-0.2, 0) is 11.2 Å². The quantitative estimate of drug-likeness (QED) is 0.694. The number of hydrogen-bond acceptors (Lipinski definition) is 6. The molecule has 1 aromatic carbocycles. The number of fused-ring (bicyclic) bond motifs is 1. The molecular weight excluding hydrogens is 284 g/mol. The summed E-state index contributed by atoms with van der Waals surface area (Å²) in [7, 11) is 0. The highest BCUT2D eigenvalue weighted by Gasteiger charge is 2.19. The molecule has 0 radical (unpaired) electrons. The first-order valence-electron chi connectivity index (χ1n) is 6.66. The van der Waals surface area contributed by atoms with Gasteiger partial charge in [0.25, 0.3) is 0 Å². The van der Waals surface area contributed by atoms with E-state index < -0.39 is 12.0 Å². The molecule has 2 aromatic heterocycles. The second kappa shape index (κ2) is 5.82. The number of aromatic hydroxyl groups is 1. The maximum atomic E-state index is 12.1. The number of esters is 1. The van der Waals surface area contributed by atoms with Gasteiger partial charge in [-0.15, -0.1) is 0 Å². The van der Waals surface area contributed by atoms with E-state index in [2.05, 4.69) is 9.97 Å². The summed E-state index contributed by atoms with van der Waals surface area (Å²) in [6.07, 6.45) is 6.70. The van der Waals surface area contributed by atoms with Crippen LogP contribution in [0.4, 0.5) is 0 Å². The number of phenolic OH excluding ortho intramolecular Hbond substituents is 1. The van der Waals surface area contributed by atoms with E-state index in [-0.39, 0.29) is 11.8 Å². The maximum absolute atomic E-state index is 12.1. The lowest BCUT2D eigenvalue weighted by molar-refractivity contribution is -0.136. The minimum Gasteiger partial charge on any atom is -0.508 e. The summed E-state index contributed by atoms with van der Waals surface area (Å²) in [6, 6.07) is 5.84. The van der Waals surface area contributed by atoms with Gasteiger partial charge in [-0.2, -0.15) is 0 Å². The molecule has 112 valence electrons. The van der Waals surface area contributed by atoms with E-state index in [1.807, 2.05) is 0 Å². The van der Waals surface area contributed by atoms with Crippen LogP contribution in [0.3, 0.4) is 0 Å². The smallest absolute Gasteiger partial charge is 0.331 e. The van der Waals surface area contributed by atoms with Crippen molar-refractivity contribution in [3.05, 3.63) is 54.6 Å². The average Bonchev–Trinajstić information content (AvgIpc) is 2.93. The van der Waals surface area contributed by atoms with E-state index in [0.717, 1.165) is 11.1 Å². The molecule has 0 aliphatic carbocycles. The number of nitrogens with zero attached hydrogens (tertiary/aromatic N) is 3. The summed E-state index contributed by atoms with van der Waals surface area (Å²) in [6.45, 7) is 0. The number of aromatic nitrogens is 3. The van der Waals surface area contributed by atoms with Crippen molar-refractivity contribution in [2.45, 2.75) is 12.5 Å². The van der Waals surface area contributed by atoms with Crippen LogP contribution in [-0.4, -0.2) is 31.5 Å². The van der Waals surface area contributed by atoms with Crippen molar-refractivity contribution in [3.8, 4) is 11.8 Å². The molecule has 3 rings (SSSR count). The van der Waals surface area contributed by atoms with Crippen LogP contribution in [0.1, 0.15) is 5.56 Å². The molecule has 0 fully saturated rings. The van der Waals surface area contributed by atoms with Gasteiger partial charge in [0.2, 0.25) is 0 Å². The molecule has 0 spiro atoms. The van der Waals surface area contributed by atoms with E-state index in [9.17, 15) is 9.90 Å². The zero-order chi connectivity index (χ0) is 15.5. The Kier molecular flexibility index (Phi) is 3.71. The lowest BCUT2D eigenvalue weighted by Gasteiger charge is -2.10. The first kappa shape index (κ1) is 14.0. The monoisotopic (exact) mass is 298 g/mol. The van der Waals surface area contributed by atoms with Crippen molar-refractivity contribution in [1.29, 1.82) is 0 Å². The van der Waals surface area contributed by atoms with Gasteiger partial charge < -0.3 is 15.6 Å². The van der Waals surface area contributed by atoms with Crippen molar-refractivity contribution < 1.29 is 14.6 Å². The van der Waals surface area contributed by atoms with Crippen LogP contribution in [0.25, 0.3) is 5.52 Å². The molecule has 7 heteroatoms. The van der Waals surface area contributed by atoms with E-state index in [1.54, 1.807) is 53.5 Å². The lowest BCUT2D eigenvalue weighted by atomic mass is 10.1. The number of ether oxygens (including phenoxy) is 1. The van der Waals surface area contributed by atoms with Gasteiger partial charge in [0.05, 0.1) is 17.9 Å². The molecule has 0 bridgehead atoms. The van der Waals surface area contributed by atoms with E-state index in [4.69, 9.17) is 10.5 Å². The highest BCUT2D eigenvalue weighted by atomic mass is 16.6. The number of carbonyl (C=O) groups is 1. The maximum Gasteiger partial charge on any atom is 0.331 e. The summed E-state index contributed by atoms with van der Waals surface area (Å²) in [5, 5.41) is 9.23. The third-order valence-electron chi connectivity index (χ3n) is 3.19. The Morgan fingerprint density at radius 3 is 2.86 bits per heavy atom. The molecule has 0 aliphatic rings. The molecular formula is C15H14N4O3. The van der Waals surface area contributed by atoms with Crippen LogP contribution in [0.5, 0.6) is 11.8 Å². The predicted molar refractivity (Wildman–Crippen MR) is 78.4 cm³/mol. The number of rotatable bonds is 4. The van der Waals surface area contributed by atoms with Gasteiger partial charge in [-0.05, 0) is 24.1 Å². The standard InChI is InChI=1S/C15H14N4O3/c16-13(7-10-1-3-12(20)4-2-10)14(21)22-15-18-9-11-8-17-5-6-19(11)15/h1-6,8-9,13,20H,7,16H2/t13-/m0/s1. The highest BCUT2D eigenvalue weighted by Crippen LogP contribution is 2.14. The van der Waals surface area contributed by atoms with Gasteiger partial charge in [-0.3, -0.25) is 9.38 Å². The van der Waals surface area contributed by atoms with Crippen molar-refractivity contribution in [1.82, 2.24) is 14.4 Å². The lowest BCUT2D eigenvalue weighted by Crippen LogP contribution is -2.36. The number of nitrogens with two attached hydrogens (primary N) is 1. The second-order valence-electron chi connectivity index (χ2n) is 4.81. The Morgan fingerprint density at radius 2 is 2.09 bits per heavy atom. The first-order valence-corrected chi connectivity index (χ1v) is 6.66. The summed E-state index contributed by atoms with van der Waals surface area (Å²) in [5.74, 6) is -0.408. The Bertz CT molecular complexity index is 798. The summed E-state index contributed by atoms with van der Waals surface area (Å²) in [4.78, 5) is 20.0. The summed E-state index contributed by atoms with van der Waals surface area (Å²) < 4.78 is 6.85.